The first-order valence-corrected chi connectivity index (χ1v) is 11.3. The Kier molecular flexibility index (Phi) is 4.56. The number of aryl methyl sites for hydroxylation is 1. The zero-order valence-electron chi connectivity index (χ0n) is 17.6. The van der Waals surface area contributed by atoms with Crippen molar-refractivity contribution in [2.45, 2.75) is 39.7 Å². The molecule has 3 aromatic heterocycles. The minimum Gasteiger partial charge on any atom is -0.311 e. The van der Waals surface area contributed by atoms with Gasteiger partial charge in [-0.05, 0) is 54.8 Å². The highest BCUT2D eigenvalue weighted by molar-refractivity contribution is 7.08. The zero-order chi connectivity index (χ0) is 20.1. The topological polar surface area (TPSA) is 21.1 Å². The molecule has 0 bridgehead atoms. The first-order valence-electron chi connectivity index (χ1n) is 10.4. The van der Waals surface area contributed by atoms with Crippen LogP contribution in [0.1, 0.15) is 42.1 Å². The number of hydrogen-bond acceptors (Lipinski definition) is 3. The van der Waals surface area contributed by atoms with Gasteiger partial charge in [0.15, 0.2) is 0 Å². The van der Waals surface area contributed by atoms with Gasteiger partial charge in [0.2, 0.25) is 0 Å². The summed E-state index contributed by atoms with van der Waals surface area (Å²) < 4.78 is 2.58. The Hall–Kier alpha value is -2.43. The second-order valence-corrected chi connectivity index (χ2v) is 9.30. The Morgan fingerprint density at radius 1 is 1.10 bits per heavy atom. The average Bonchev–Trinajstić information content (AvgIpc) is 3.30. The maximum Gasteiger partial charge on any atom is 0.0644 e. The maximum atomic E-state index is 4.21. The van der Waals surface area contributed by atoms with Gasteiger partial charge in [-0.2, -0.15) is 0 Å². The van der Waals surface area contributed by atoms with Gasteiger partial charge in [0, 0.05) is 59.3 Å². The van der Waals surface area contributed by atoms with Gasteiger partial charge >= 0.3 is 0 Å². The molecule has 0 atom stereocenters. The van der Waals surface area contributed by atoms with Crippen LogP contribution in [0.25, 0.3) is 27.7 Å². The first kappa shape index (κ1) is 18.6. The number of pyridine rings is 1. The van der Waals surface area contributed by atoms with Crippen molar-refractivity contribution in [3.05, 3.63) is 69.8 Å². The predicted octanol–water partition coefficient (Wildman–Crippen LogP) is 6.17. The van der Waals surface area contributed by atoms with E-state index in [0.717, 1.165) is 19.5 Å². The highest BCUT2D eigenvalue weighted by Gasteiger charge is 2.27. The fraction of sp³-hybridized carbons (Fsp3) is 0.320. The molecule has 0 saturated heterocycles. The van der Waals surface area contributed by atoms with Crippen molar-refractivity contribution in [2.75, 3.05) is 13.6 Å². The molecule has 4 aromatic rings. The monoisotopic (exact) mass is 401 g/mol. The summed E-state index contributed by atoms with van der Waals surface area (Å²) in [6, 6.07) is 9.02. The van der Waals surface area contributed by atoms with Crippen LogP contribution in [0.2, 0.25) is 0 Å². The van der Waals surface area contributed by atoms with Crippen molar-refractivity contribution in [1.29, 1.82) is 0 Å². The summed E-state index contributed by atoms with van der Waals surface area (Å²) in [5, 5.41) is 6.03. The van der Waals surface area contributed by atoms with Gasteiger partial charge in [0.1, 0.15) is 0 Å². The molecular weight excluding hydrogens is 374 g/mol. The molecule has 0 fully saturated rings. The first-order chi connectivity index (χ1) is 14.0. The van der Waals surface area contributed by atoms with Crippen molar-refractivity contribution in [1.82, 2.24) is 14.5 Å². The molecule has 4 heteroatoms. The van der Waals surface area contributed by atoms with E-state index < -0.39 is 0 Å². The second-order valence-electron chi connectivity index (χ2n) is 8.56. The van der Waals surface area contributed by atoms with Gasteiger partial charge in [-0.25, -0.2) is 0 Å². The fourth-order valence-corrected chi connectivity index (χ4v) is 5.54. The van der Waals surface area contributed by atoms with E-state index in [2.05, 4.69) is 77.3 Å². The lowest BCUT2D eigenvalue weighted by Crippen LogP contribution is -2.27. The summed E-state index contributed by atoms with van der Waals surface area (Å²) in [6.45, 7) is 8.99. The summed E-state index contributed by atoms with van der Waals surface area (Å²) >= 11 is 1.78. The third kappa shape index (κ3) is 3.02. The number of hydrogen-bond donors (Lipinski definition) is 0. The van der Waals surface area contributed by atoms with Crippen LogP contribution in [0.15, 0.2) is 47.4 Å². The van der Waals surface area contributed by atoms with Gasteiger partial charge in [0.25, 0.3) is 0 Å². The molecule has 1 aliphatic rings. The number of aromatic nitrogens is 2. The molecule has 0 spiro atoms. The van der Waals surface area contributed by atoms with Crippen LogP contribution in [0, 0.1) is 6.92 Å². The van der Waals surface area contributed by atoms with Crippen molar-refractivity contribution >= 4 is 22.2 Å². The molecule has 29 heavy (non-hydrogen) atoms. The Morgan fingerprint density at radius 2 is 1.90 bits per heavy atom. The van der Waals surface area contributed by atoms with Crippen LogP contribution in [0.5, 0.6) is 0 Å². The summed E-state index contributed by atoms with van der Waals surface area (Å²) in [5.74, 6) is 0.480. The molecule has 0 aliphatic carbocycles. The van der Waals surface area contributed by atoms with Crippen molar-refractivity contribution in [3.8, 4) is 16.8 Å². The standard InChI is InChI=1S/C25H27N3S/c1-16(2)19-11-17(3)12-20-21-13-27(4)10-7-23(21)28(25(19)20)24-15-29-14-22(24)18-5-8-26-9-6-18/h5-6,8-9,11-12,14-16H,7,10,13H2,1-4H3. The van der Waals surface area contributed by atoms with E-state index in [-0.39, 0.29) is 0 Å². The lowest BCUT2D eigenvalue weighted by Gasteiger charge is -2.24. The van der Waals surface area contributed by atoms with Crippen LogP contribution >= 0.6 is 11.3 Å². The van der Waals surface area contributed by atoms with Gasteiger partial charge in [-0.3, -0.25) is 4.98 Å². The molecule has 0 saturated carbocycles. The van der Waals surface area contributed by atoms with E-state index in [0.29, 0.717) is 5.92 Å². The fourth-order valence-electron chi connectivity index (χ4n) is 4.71. The second kappa shape index (κ2) is 7.12. The number of thiophene rings is 1. The molecule has 0 N–H and O–H groups in total. The van der Waals surface area contributed by atoms with Crippen LogP contribution in [-0.4, -0.2) is 28.0 Å². The Labute approximate surface area is 176 Å². The van der Waals surface area contributed by atoms with Crippen molar-refractivity contribution in [3.63, 3.8) is 0 Å². The van der Waals surface area contributed by atoms with Crippen molar-refractivity contribution < 1.29 is 0 Å². The lowest BCUT2D eigenvalue weighted by atomic mass is 9.96. The highest BCUT2D eigenvalue weighted by atomic mass is 32.1. The Morgan fingerprint density at radius 3 is 2.66 bits per heavy atom. The molecule has 1 aromatic carbocycles. The van der Waals surface area contributed by atoms with E-state index in [1.165, 1.54) is 50.1 Å². The molecule has 0 unspecified atom stereocenters. The predicted molar refractivity (Wildman–Crippen MR) is 123 cm³/mol. The highest BCUT2D eigenvalue weighted by Crippen LogP contribution is 2.41. The van der Waals surface area contributed by atoms with Crippen LogP contribution in [0.3, 0.4) is 0 Å². The molecule has 1 aliphatic heterocycles. The van der Waals surface area contributed by atoms with Crippen LogP contribution in [-0.2, 0) is 13.0 Å². The number of likely N-dealkylation sites (N-methyl/N-ethyl adjacent to an activating group) is 1. The summed E-state index contributed by atoms with van der Waals surface area (Å²) in [7, 11) is 2.23. The summed E-state index contributed by atoms with van der Waals surface area (Å²) in [6.07, 6.45) is 4.86. The van der Waals surface area contributed by atoms with Gasteiger partial charge in [-0.15, -0.1) is 11.3 Å². The molecular formula is C25H27N3S. The average molecular weight is 402 g/mol. The van der Waals surface area contributed by atoms with Gasteiger partial charge < -0.3 is 9.47 Å². The molecule has 3 nitrogen and oxygen atoms in total. The minimum absolute atomic E-state index is 0.480. The largest absolute Gasteiger partial charge is 0.311 e. The smallest absolute Gasteiger partial charge is 0.0644 e. The van der Waals surface area contributed by atoms with Gasteiger partial charge in [-0.1, -0.05) is 25.5 Å². The van der Waals surface area contributed by atoms with Gasteiger partial charge in [0.05, 0.1) is 11.2 Å². The third-order valence-electron chi connectivity index (χ3n) is 6.10. The molecule has 5 rings (SSSR count). The maximum absolute atomic E-state index is 4.21. The number of rotatable bonds is 3. The minimum atomic E-state index is 0.480. The number of fused-ring (bicyclic) bond motifs is 3. The molecule has 148 valence electrons. The van der Waals surface area contributed by atoms with Crippen molar-refractivity contribution in [2.24, 2.45) is 0 Å². The van der Waals surface area contributed by atoms with E-state index in [4.69, 9.17) is 0 Å². The number of benzene rings is 1. The SMILES string of the molecule is Cc1cc(C(C)C)c2c(c1)c1c(n2-c2cscc2-c2ccncc2)CCN(C)C1. The number of nitrogens with zero attached hydrogens (tertiary/aromatic N) is 3. The normalized spacial score (nSPS) is 14.7. The lowest BCUT2D eigenvalue weighted by molar-refractivity contribution is 0.311. The summed E-state index contributed by atoms with van der Waals surface area (Å²) in [5.41, 5.74) is 11.0. The van der Waals surface area contributed by atoms with Crippen LogP contribution < -0.4 is 0 Å². The molecule has 0 radical (unpaired) electrons. The van der Waals surface area contributed by atoms with E-state index in [1.807, 2.05) is 12.4 Å². The van der Waals surface area contributed by atoms with E-state index in [9.17, 15) is 0 Å². The van der Waals surface area contributed by atoms with E-state index >= 15 is 0 Å². The van der Waals surface area contributed by atoms with Crippen LogP contribution in [0.4, 0.5) is 0 Å². The summed E-state index contributed by atoms with van der Waals surface area (Å²) in [4.78, 5) is 6.66. The molecule has 0 amide bonds. The Balaban J connectivity index is 1.87. The van der Waals surface area contributed by atoms with E-state index in [1.54, 1.807) is 11.3 Å². The third-order valence-corrected chi connectivity index (χ3v) is 6.84. The zero-order valence-corrected chi connectivity index (χ0v) is 18.4. The molecule has 4 heterocycles. The quantitative estimate of drug-likeness (QED) is 0.409. The Bertz CT molecular complexity index is 1180.